The van der Waals surface area contributed by atoms with Crippen molar-refractivity contribution in [3.8, 4) is 0 Å². The average molecular weight is 226 g/mol. The van der Waals surface area contributed by atoms with Gasteiger partial charge in [-0.15, -0.1) is 0 Å². The SMILES string of the molecule is CC1CN(CC2(CN)CCCC2)CC(C)O1. The molecule has 16 heavy (non-hydrogen) atoms. The molecule has 2 fully saturated rings. The van der Waals surface area contributed by atoms with Crippen LogP contribution in [-0.2, 0) is 4.74 Å². The fraction of sp³-hybridized carbons (Fsp3) is 1.00. The Balaban J connectivity index is 1.92. The van der Waals surface area contributed by atoms with E-state index in [4.69, 9.17) is 10.5 Å². The molecule has 2 atom stereocenters. The summed E-state index contributed by atoms with van der Waals surface area (Å²) in [6.45, 7) is 8.53. The van der Waals surface area contributed by atoms with Crippen LogP contribution in [0.1, 0.15) is 39.5 Å². The highest BCUT2D eigenvalue weighted by Crippen LogP contribution is 2.38. The van der Waals surface area contributed by atoms with Crippen LogP contribution >= 0.6 is 0 Å². The Morgan fingerprint density at radius 1 is 1.19 bits per heavy atom. The van der Waals surface area contributed by atoms with Crippen molar-refractivity contribution in [1.82, 2.24) is 4.90 Å². The van der Waals surface area contributed by atoms with Crippen LogP contribution in [0.4, 0.5) is 0 Å². The van der Waals surface area contributed by atoms with Gasteiger partial charge in [-0.1, -0.05) is 12.8 Å². The van der Waals surface area contributed by atoms with E-state index >= 15 is 0 Å². The van der Waals surface area contributed by atoms with Gasteiger partial charge in [0.1, 0.15) is 0 Å². The zero-order chi connectivity index (χ0) is 11.6. The van der Waals surface area contributed by atoms with Gasteiger partial charge in [-0.25, -0.2) is 0 Å². The minimum absolute atomic E-state index is 0.375. The van der Waals surface area contributed by atoms with E-state index in [-0.39, 0.29) is 0 Å². The summed E-state index contributed by atoms with van der Waals surface area (Å²) in [4.78, 5) is 2.57. The van der Waals surface area contributed by atoms with Gasteiger partial charge in [-0.3, -0.25) is 4.90 Å². The van der Waals surface area contributed by atoms with Crippen molar-refractivity contribution in [2.45, 2.75) is 51.7 Å². The van der Waals surface area contributed by atoms with Gasteiger partial charge in [-0.2, -0.15) is 0 Å². The molecule has 1 aliphatic carbocycles. The maximum absolute atomic E-state index is 6.00. The first kappa shape index (κ1) is 12.3. The molecule has 3 heteroatoms. The lowest BCUT2D eigenvalue weighted by Crippen LogP contribution is -2.50. The Bertz CT molecular complexity index is 216. The second-order valence-corrected chi connectivity index (χ2v) is 5.86. The third kappa shape index (κ3) is 2.76. The molecule has 1 saturated carbocycles. The molecule has 0 amide bonds. The molecule has 3 nitrogen and oxygen atoms in total. The molecule has 0 aromatic rings. The number of nitrogens with zero attached hydrogens (tertiary/aromatic N) is 1. The molecule has 0 spiro atoms. The molecule has 0 radical (unpaired) electrons. The summed E-state index contributed by atoms with van der Waals surface area (Å²) in [6.07, 6.45) is 6.13. The first-order valence-electron chi connectivity index (χ1n) is 6.71. The standard InChI is InChI=1S/C13H26N2O/c1-11-7-15(8-12(2)16-11)10-13(9-14)5-3-4-6-13/h11-12H,3-10,14H2,1-2H3. The average Bonchev–Trinajstić information content (AvgIpc) is 2.65. The Morgan fingerprint density at radius 3 is 2.25 bits per heavy atom. The van der Waals surface area contributed by atoms with Crippen molar-refractivity contribution in [2.24, 2.45) is 11.1 Å². The molecular formula is C13H26N2O. The maximum atomic E-state index is 6.00. The molecule has 2 rings (SSSR count). The minimum atomic E-state index is 0.375. The van der Waals surface area contributed by atoms with E-state index in [1.165, 1.54) is 32.2 Å². The molecule has 0 aromatic carbocycles. The summed E-state index contributed by atoms with van der Waals surface area (Å²) in [5, 5.41) is 0. The van der Waals surface area contributed by atoms with Crippen LogP contribution in [0.2, 0.25) is 0 Å². The number of nitrogens with two attached hydrogens (primary N) is 1. The predicted octanol–water partition coefficient (Wildman–Crippen LogP) is 1.61. The first-order chi connectivity index (χ1) is 7.63. The van der Waals surface area contributed by atoms with Gasteiger partial charge in [0.05, 0.1) is 12.2 Å². The van der Waals surface area contributed by atoms with Crippen molar-refractivity contribution in [3.63, 3.8) is 0 Å². The molecule has 0 aromatic heterocycles. The van der Waals surface area contributed by atoms with Gasteiger partial charge in [0.2, 0.25) is 0 Å². The molecular weight excluding hydrogens is 200 g/mol. The molecule has 1 heterocycles. The molecule has 94 valence electrons. The van der Waals surface area contributed by atoms with Gasteiger partial charge < -0.3 is 10.5 Å². The predicted molar refractivity (Wildman–Crippen MR) is 66.4 cm³/mol. The highest BCUT2D eigenvalue weighted by molar-refractivity contribution is 4.90. The highest BCUT2D eigenvalue weighted by atomic mass is 16.5. The van der Waals surface area contributed by atoms with Gasteiger partial charge in [-0.05, 0) is 38.6 Å². The zero-order valence-corrected chi connectivity index (χ0v) is 10.7. The quantitative estimate of drug-likeness (QED) is 0.794. The number of ether oxygens (including phenoxy) is 1. The molecule has 1 aliphatic heterocycles. The van der Waals surface area contributed by atoms with E-state index in [9.17, 15) is 0 Å². The van der Waals surface area contributed by atoms with Crippen molar-refractivity contribution in [2.75, 3.05) is 26.2 Å². The summed E-state index contributed by atoms with van der Waals surface area (Å²) in [7, 11) is 0. The fourth-order valence-electron chi connectivity index (χ4n) is 3.44. The Kier molecular flexibility index (Phi) is 3.88. The van der Waals surface area contributed by atoms with Crippen LogP contribution in [0, 0.1) is 5.41 Å². The Morgan fingerprint density at radius 2 is 1.75 bits per heavy atom. The topological polar surface area (TPSA) is 38.5 Å². The molecule has 2 unspecified atom stereocenters. The monoisotopic (exact) mass is 226 g/mol. The van der Waals surface area contributed by atoms with Crippen molar-refractivity contribution in [3.05, 3.63) is 0 Å². The summed E-state index contributed by atoms with van der Waals surface area (Å²) in [6, 6.07) is 0. The lowest BCUT2D eigenvalue weighted by Gasteiger charge is -2.40. The molecule has 1 saturated heterocycles. The maximum Gasteiger partial charge on any atom is 0.0678 e. The molecule has 2 N–H and O–H groups in total. The minimum Gasteiger partial charge on any atom is -0.373 e. The Hall–Kier alpha value is -0.120. The van der Waals surface area contributed by atoms with E-state index in [0.717, 1.165) is 19.6 Å². The summed E-state index contributed by atoms with van der Waals surface area (Å²) in [5.41, 5.74) is 6.41. The number of hydrogen-bond acceptors (Lipinski definition) is 3. The summed E-state index contributed by atoms with van der Waals surface area (Å²) in [5.74, 6) is 0. The van der Waals surface area contributed by atoms with Crippen LogP contribution in [0.3, 0.4) is 0 Å². The van der Waals surface area contributed by atoms with E-state index in [0.29, 0.717) is 17.6 Å². The largest absolute Gasteiger partial charge is 0.373 e. The number of morpholine rings is 1. The second-order valence-electron chi connectivity index (χ2n) is 5.86. The molecule has 0 bridgehead atoms. The van der Waals surface area contributed by atoms with Crippen molar-refractivity contribution in [1.29, 1.82) is 0 Å². The van der Waals surface area contributed by atoms with Gasteiger partial charge in [0, 0.05) is 19.6 Å². The second kappa shape index (κ2) is 5.03. The van der Waals surface area contributed by atoms with Crippen LogP contribution in [0.25, 0.3) is 0 Å². The smallest absolute Gasteiger partial charge is 0.0678 e. The molecule has 2 aliphatic rings. The number of hydrogen-bond donors (Lipinski definition) is 1. The zero-order valence-electron chi connectivity index (χ0n) is 10.7. The van der Waals surface area contributed by atoms with E-state index in [2.05, 4.69) is 18.7 Å². The van der Waals surface area contributed by atoms with Gasteiger partial charge in [0.25, 0.3) is 0 Å². The summed E-state index contributed by atoms with van der Waals surface area (Å²) >= 11 is 0. The lowest BCUT2D eigenvalue weighted by atomic mass is 9.85. The third-order valence-corrected chi connectivity index (χ3v) is 4.15. The van der Waals surface area contributed by atoms with E-state index < -0.39 is 0 Å². The Labute approximate surface area is 99.3 Å². The third-order valence-electron chi connectivity index (χ3n) is 4.15. The summed E-state index contributed by atoms with van der Waals surface area (Å²) < 4.78 is 5.77. The number of rotatable bonds is 3. The van der Waals surface area contributed by atoms with Crippen molar-refractivity contribution >= 4 is 0 Å². The lowest BCUT2D eigenvalue weighted by molar-refractivity contribution is -0.0769. The van der Waals surface area contributed by atoms with Gasteiger partial charge >= 0.3 is 0 Å². The normalized spacial score (nSPS) is 35.4. The first-order valence-corrected chi connectivity index (χ1v) is 6.71. The highest BCUT2D eigenvalue weighted by Gasteiger charge is 2.36. The fourth-order valence-corrected chi connectivity index (χ4v) is 3.44. The van der Waals surface area contributed by atoms with E-state index in [1.54, 1.807) is 0 Å². The van der Waals surface area contributed by atoms with Crippen LogP contribution in [-0.4, -0.2) is 43.3 Å². The van der Waals surface area contributed by atoms with E-state index in [1.807, 2.05) is 0 Å². The van der Waals surface area contributed by atoms with Crippen LogP contribution in [0.15, 0.2) is 0 Å². The van der Waals surface area contributed by atoms with Crippen molar-refractivity contribution < 1.29 is 4.74 Å². The van der Waals surface area contributed by atoms with Crippen LogP contribution < -0.4 is 5.73 Å². The van der Waals surface area contributed by atoms with Gasteiger partial charge in [0.15, 0.2) is 0 Å². The van der Waals surface area contributed by atoms with Crippen LogP contribution in [0.5, 0.6) is 0 Å².